The fourth-order valence-electron chi connectivity index (χ4n) is 3.25. The van der Waals surface area contributed by atoms with Crippen molar-refractivity contribution in [1.29, 1.82) is 0 Å². The van der Waals surface area contributed by atoms with E-state index in [1.165, 1.54) is 6.08 Å². The van der Waals surface area contributed by atoms with E-state index in [0.717, 1.165) is 11.1 Å². The van der Waals surface area contributed by atoms with Crippen LogP contribution >= 0.6 is 11.6 Å². The number of nitrogens with one attached hydrogen (secondary N) is 2. The maximum absolute atomic E-state index is 12.8. The number of benzene rings is 2. The topological polar surface area (TPSA) is 84.5 Å². The fourth-order valence-corrected chi connectivity index (χ4v) is 3.38. The van der Waals surface area contributed by atoms with Crippen LogP contribution in [0.4, 0.5) is 0 Å². The van der Waals surface area contributed by atoms with Gasteiger partial charge in [-0.15, -0.1) is 0 Å². The lowest BCUT2D eigenvalue weighted by molar-refractivity contribution is -0.144. The molecule has 2 N–H and O–H groups in total. The van der Waals surface area contributed by atoms with Gasteiger partial charge in [-0.2, -0.15) is 0 Å². The Bertz CT molecular complexity index is 987. The van der Waals surface area contributed by atoms with Gasteiger partial charge in [-0.25, -0.2) is 4.79 Å². The summed E-state index contributed by atoms with van der Waals surface area (Å²) in [6.07, 6.45) is 6.13. The average molecular weight is 453 g/mol. The van der Waals surface area contributed by atoms with E-state index >= 15 is 0 Å². The Morgan fingerprint density at radius 2 is 1.81 bits per heavy atom. The van der Waals surface area contributed by atoms with Crippen molar-refractivity contribution < 1.29 is 19.1 Å². The first-order valence-electron chi connectivity index (χ1n) is 10.4. The molecular weight excluding hydrogens is 428 g/mol. The first-order valence-corrected chi connectivity index (χ1v) is 10.8. The van der Waals surface area contributed by atoms with Gasteiger partial charge in [0.25, 0.3) is 0 Å². The van der Waals surface area contributed by atoms with Crippen LogP contribution in [0.25, 0.3) is 0 Å². The van der Waals surface area contributed by atoms with E-state index in [0.29, 0.717) is 18.0 Å². The molecule has 0 saturated heterocycles. The molecular formula is C25H25ClN2O4. The lowest BCUT2D eigenvalue weighted by Crippen LogP contribution is -2.37. The molecule has 2 aromatic rings. The van der Waals surface area contributed by atoms with Crippen LogP contribution in [0.3, 0.4) is 0 Å². The summed E-state index contributed by atoms with van der Waals surface area (Å²) in [6, 6.07) is 16.4. The van der Waals surface area contributed by atoms with Gasteiger partial charge in [0.2, 0.25) is 11.8 Å². The van der Waals surface area contributed by atoms with Crippen molar-refractivity contribution in [2.45, 2.75) is 25.5 Å². The Labute approximate surface area is 192 Å². The number of carbonyl (C=O) groups excluding carboxylic acids is 3. The SMILES string of the molecule is O=C(C[C@H]1C/C=C/C=C\C(=O)O[C@@H](c2ccccc2)CNC1=O)NCc1ccc(Cl)cc1. The number of esters is 1. The standard InChI is InChI=1S/C25H25ClN2O4/c26-21-13-11-18(12-14-21)16-27-23(29)15-20-9-5-2-6-10-24(30)32-22(17-28-25(20)31)19-7-3-1-4-8-19/h1-8,10-14,20,22H,9,15-17H2,(H,27,29)(H,28,31)/b5-2+,10-6-/t20-,22-/m1/s1. The van der Waals surface area contributed by atoms with Crippen LogP contribution in [0.5, 0.6) is 0 Å². The van der Waals surface area contributed by atoms with Crippen molar-refractivity contribution >= 4 is 29.4 Å². The quantitative estimate of drug-likeness (QED) is 0.674. The monoisotopic (exact) mass is 452 g/mol. The summed E-state index contributed by atoms with van der Waals surface area (Å²) in [6.45, 7) is 0.476. The highest BCUT2D eigenvalue weighted by Crippen LogP contribution is 2.18. The Kier molecular flexibility index (Phi) is 8.63. The highest BCUT2D eigenvalue weighted by Gasteiger charge is 2.23. The lowest BCUT2D eigenvalue weighted by Gasteiger charge is -2.21. The highest BCUT2D eigenvalue weighted by atomic mass is 35.5. The van der Waals surface area contributed by atoms with Gasteiger partial charge in [-0.05, 0) is 29.7 Å². The second-order valence-corrected chi connectivity index (χ2v) is 7.85. The summed E-state index contributed by atoms with van der Waals surface area (Å²) >= 11 is 5.88. The Morgan fingerprint density at radius 3 is 2.56 bits per heavy atom. The van der Waals surface area contributed by atoms with Gasteiger partial charge >= 0.3 is 5.97 Å². The Balaban J connectivity index is 1.65. The molecule has 2 amide bonds. The van der Waals surface area contributed by atoms with E-state index in [9.17, 15) is 14.4 Å². The van der Waals surface area contributed by atoms with Crippen LogP contribution in [0, 0.1) is 5.92 Å². The van der Waals surface area contributed by atoms with Crippen molar-refractivity contribution in [2.24, 2.45) is 5.92 Å². The summed E-state index contributed by atoms with van der Waals surface area (Å²) in [7, 11) is 0. The molecule has 1 heterocycles. The molecule has 0 bridgehead atoms. The van der Waals surface area contributed by atoms with Gasteiger partial charge in [0, 0.05) is 24.1 Å². The number of amides is 2. The smallest absolute Gasteiger partial charge is 0.331 e. The van der Waals surface area contributed by atoms with Crippen molar-refractivity contribution in [3.8, 4) is 0 Å². The third kappa shape index (κ3) is 7.39. The van der Waals surface area contributed by atoms with Crippen LogP contribution in [0.1, 0.15) is 30.1 Å². The van der Waals surface area contributed by atoms with Crippen LogP contribution in [-0.4, -0.2) is 24.3 Å². The van der Waals surface area contributed by atoms with E-state index in [1.54, 1.807) is 30.4 Å². The molecule has 0 spiro atoms. The first-order chi connectivity index (χ1) is 15.5. The number of hydrogen-bond acceptors (Lipinski definition) is 4. The minimum absolute atomic E-state index is 0.0449. The second kappa shape index (κ2) is 11.9. The van der Waals surface area contributed by atoms with Crippen molar-refractivity contribution in [3.63, 3.8) is 0 Å². The summed E-state index contributed by atoms with van der Waals surface area (Å²) in [5, 5.41) is 6.31. The molecule has 0 radical (unpaired) electrons. The lowest BCUT2D eigenvalue weighted by atomic mass is 9.98. The van der Waals surface area contributed by atoms with E-state index in [2.05, 4.69) is 10.6 Å². The molecule has 0 fully saturated rings. The van der Waals surface area contributed by atoms with Crippen molar-refractivity contribution in [1.82, 2.24) is 10.6 Å². The molecule has 3 rings (SSSR count). The third-order valence-corrected chi connectivity index (χ3v) is 5.25. The number of rotatable bonds is 5. The molecule has 166 valence electrons. The predicted molar refractivity (Wildman–Crippen MR) is 123 cm³/mol. The van der Waals surface area contributed by atoms with Gasteiger partial charge in [0.15, 0.2) is 0 Å². The van der Waals surface area contributed by atoms with E-state index in [1.807, 2.05) is 42.5 Å². The predicted octanol–water partition coefficient (Wildman–Crippen LogP) is 3.88. The number of allylic oxidation sites excluding steroid dienone is 3. The summed E-state index contributed by atoms with van der Waals surface area (Å²) in [4.78, 5) is 37.4. The molecule has 1 aliphatic heterocycles. The molecule has 6 nitrogen and oxygen atoms in total. The van der Waals surface area contributed by atoms with Gasteiger partial charge in [0.1, 0.15) is 6.10 Å². The van der Waals surface area contributed by atoms with E-state index in [4.69, 9.17) is 16.3 Å². The average Bonchev–Trinajstić information content (AvgIpc) is 2.80. The van der Waals surface area contributed by atoms with E-state index < -0.39 is 18.0 Å². The molecule has 0 aliphatic carbocycles. The zero-order chi connectivity index (χ0) is 22.8. The van der Waals surface area contributed by atoms with Crippen LogP contribution < -0.4 is 10.6 Å². The number of halogens is 1. The van der Waals surface area contributed by atoms with Gasteiger partial charge < -0.3 is 15.4 Å². The number of hydrogen-bond donors (Lipinski definition) is 2. The number of ether oxygens (including phenoxy) is 1. The van der Waals surface area contributed by atoms with E-state index in [-0.39, 0.29) is 24.8 Å². The number of carbonyl (C=O) groups is 3. The first kappa shape index (κ1) is 23.3. The molecule has 1 aliphatic rings. The van der Waals surface area contributed by atoms with Gasteiger partial charge in [-0.1, -0.05) is 72.3 Å². The Hall–Kier alpha value is -3.38. The zero-order valence-corrected chi connectivity index (χ0v) is 18.3. The van der Waals surface area contributed by atoms with Gasteiger partial charge in [0.05, 0.1) is 12.5 Å². The minimum Gasteiger partial charge on any atom is -0.452 e. The molecule has 0 unspecified atom stereocenters. The van der Waals surface area contributed by atoms with Gasteiger partial charge in [-0.3, -0.25) is 9.59 Å². The summed E-state index contributed by atoms with van der Waals surface area (Å²) in [5.74, 6) is -1.52. The minimum atomic E-state index is -0.625. The highest BCUT2D eigenvalue weighted by molar-refractivity contribution is 6.30. The summed E-state index contributed by atoms with van der Waals surface area (Å²) in [5.41, 5.74) is 1.70. The van der Waals surface area contributed by atoms with Crippen LogP contribution in [0.2, 0.25) is 5.02 Å². The molecule has 7 heteroatoms. The fraction of sp³-hybridized carbons (Fsp3) is 0.240. The molecule has 2 atom stereocenters. The second-order valence-electron chi connectivity index (χ2n) is 7.41. The third-order valence-electron chi connectivity index (χ3n) is 5.00. The summed E-state index contributed by atoms with van der Waals surface area (Å²) < 4.78 is 5.51. The maximum atomic E-state index is 12.8. The largest absolute Gasteiger partial charge is 0.452 e. The van der Waals surface area contributed by atoms with Crippen molar-refractivity contribution in [3.05, 3.63) is 95.1 Å². The van der Waals surface area contributed by atoms with Crippen LogP contribution in [0.15, 0.2) is 78.9 Å². The molecule has 2 aromatic carbocycles. The Morgan fingerprint density at radius 1 is 1.06 bits per heavy atom. The number of cyclic esters (lactones) is 1. The molecule has 0 aromatic heterocycles. The molecule has 32 heavy (non-hydrogen) atoms. The normalized spacial score (nSPS) is 21.3. The molecule has 0 saturated carbocycles. The van der Waals surface area contributed by atoms with Crippen LogP contribution in [-0.2, 0) is 25.7 Å². The maximum Gasteiger partial charge on any atom is 0.331 e. The zero-order valence-electron chi connectivity index (χ0n) is 17.5. The van der Waals surface area contributed by atoms with Crippen molar-refractivity contribution in [2.75, 3.05) is 6.54 Å².